The van der Waals surface area contributed by atoms with E-state index in [2.05, 4.69) is 33.9 Å². The van der Waals surface area contributed by atoms with Crippen LogP contribution in [0.3, 0.4) is 0 Å². The van der Waals surface area contributed by atoms with Gasteiger partial charge in [0, 0.05) is 6.61 Å². The molecule has 0 spiro atoms. The normalized spacial score (nSPS) is 21.6. The monoisotopic (exact) mass is 482 g/mol. The second-order valence-electron chi connectivity index (χ2n) is 10.1. The zero-order chi connectivity index (χ0) is 24.1. The molecular weight excluding hydrogens is 440 g/mol. The molecule has 0 N–H and O–H groups in total. The molecule has 1 fully saturated rings. The molecule has 1 heterocycles. The van der Waals surface area contributed by atoms with Gasteiger partial charge < -0.3 is 18.6 Å². The van der Waals surface area contributed by atoms with E-state index in [1.165, 1.54) is 0 Å². The molecule has 1 aliphatic rings. The van der Waals surface area contributed by atoms with Crippen molar-refractivity contribution in [1.82, 2.24) is 0 Å². The first-order chi connectivity index (χ1) is 14.0. The number of esters is 1. The van der Waals surface area contributed by atoms with Crippen molar-refractivity contribution in [2.45, 2.75) is 96.9 Å². The highest BCUT2D eigenvalue weighted by Crippen LogP contribution is 2.37. The van der Waals surface area contributed by atoms with Gasteiger partial charge in [-0.25, -0.2) is 0 Å². The fourth-order valence-corrected chi connectivity index (χ4v) is 4.89. The van der Waals surface area contributed by atoms with Gasteiger partial charge in [0.1, 0.15) is 12.2 Å². The van der Waals surface area contributed by atoms with Crippen molar-refractivity contribution in [3.05, 3.63) is 0 Å². The molecule has 0 bridgehead atoms. The van der Waals surface area contributed by atoms with Crippen molar-refractivity contribution in [1.29, 1.82) is 0 Å². The Bertz CT molecular complexity index is 684. The van der Waals surface area contributed by atoms with Crippen molar-refractivity contribution in [2.24, 2.45) is 5.92 Å². The second-order valence-corrected chi connectivity index (χ2v) is 16.5. The molecule has 0 radical (unpaired) electrons. The highest BCUT2D eigenvalue weighted by atomic mass is 32.2. The molecule has 0 aromatic rings. The molecule has 184 valence electrons. The van der Waals surface area contributed by atoms with Gasteiger partial charge in [0.05, 0.1) is 25.4 Å². The van der Waals surface area contributed by atoms with Crippen LogP contribution >= 0.6 is 0 Å². The van der Waals surface area contributed by atoms with E-state index in [9.17, 15) is 13.2 Å². The van der Waals surface area contributed by atoms with E-state index in [4.69, 9.17) is 22.8 Å². The summed E-state index contributed by atoms with van der Waals surface area (Å²) >= 11 is 0. The van der Waals surface area contributed by atoms with Gasteiger partial charge in [0.15, 0.2) is 14.1 Å². The molecule has 31 heavy (non-hydrogen) atoms. The van der Waals surface area contributed by atoms with Crippen LogP contribution in [0.15, 0.2) is 0 Å². The molecular formula is C21H42O8SSi. The van der Waals surface area contributed by atoms with Crippen molar-refractivity contribution >= 4 is 24.4 Å². The second kappa shape index (κ2) is 11.1. The van der Waals surface area contributed by atoms with Gasteiger partial charge in [-0.1, -0.05) is 27.2 Å². The van der Waals surface area contributed by atoms with E-state index in [1.807, 2.05) is 0 Å². The smallest absolute Gasteiger partial charge is 0.311 e. The standard InChI is InChI=1S/C21H42O8SSi/c1-10-25-19(22)16(13-11-12-14-27-31(8,9)20(2,3)4)18(29-30(7,23)24)17-15-26-21(5,6)28-17/h16-18H,10-15H2,1-9H3/t16?,17-,18?/m1/s1. The summed E-state index contributed by atoms with van der Waals surface area (Å²) in [6.45, 7) is 17.1. The lowest BCUT2D eigenvalue weighted by molar-refractivity contribution is -0.166. The molecule has 1 rings (SSSR count). The minimum atomic E-state index is -3.82. The molecule has 0 amide bonds. The van der Waals surface area contributed by atoms with E-state index < -0.39 is 48.3 Å². The van der Waals surface area contributed by atoms with E-state index >= 15 is 0 Å². The van der Waals surface area contributed by atoms with Crippen molar-refractivity contribution in [3.63, 3.8) is 0 Å². The molecule has 3 atom stereocenters. The Labute approximate surface area is 189 Å². The molecule has 10 heteroatoms. The van der Waals surface area contributed by atoms with Gasteiger partial charge in [-0.15, -0.1) is 0 Å². The lowest BCUT2D eigenvalue weighted by Gasteiger charge is -2.36. The number of rotatable bonds is 12. The minimum absolute atomic E-state index is 0.126. The Morgan fingerprint density at radius 2 is 1.84 bits per heavy atom. The summed E-state index contributed by atoms with van der Waals surface area (Å²) in [7, 11) is -5.66. The third-order valence-electron chi connectivity index (χ3n) is 5.85. The largest absolute Gasteiger partial charge is 0.466 e. The van der Waals surface area contributed by atoms with Crippen molar-refractivity contribution in [3.8, 4) is 0 Å². The number of ether oxygens (including phenoxy) is 3. The maximum absolute atomic E-state index is 12.7. The Morgan fingerprint density at radius 1 is 1.23 bits per heavy atom. The Hall–Kier alpha value is -0.523. The van der Waals surface area contributed by atoms with Crippen LogP contribution in [-0.2, 0) is 37.7 Å². The van der Waals surface area contributed by atoms with Gasteiger partial charge in [-0.2, -0.15) is 8.42 Å². The van der Waals surface area contributed by atoms with Gasteiger partial charge >= 0.3 is 5.97 Å². The van der Waals surface area contributed by atoms with E-state index in [1.54, 1.807) is 20.8 Å². The molecule has 0 aromatic heterocycles. The van der Waals surface area contributed by atoms with Crippen LogP contribution in [0.2, 0.25) is 18.1 Å². The Balaban J connectivity index is 2.87. The Morgan fingerprint density at radius 3 is 2.29 bits per heavy atom. The zero-order valence-electron chi connectivity index (χ0n) is 20.6. The molecule has 2 unspecified atom stereocenters. The molecule has 0 aliphatic carbocycles. The highest BCUT2D eigenvalue weighted by Gasteiger charge is 2.45. The van der Waals surface area contributed by atoms with Crippen molar-refractivity contribution < 1.29 is 36.0 Å². The SMILES string of the molecule is CCOC(=O)C(CCCCO[Si](C)(C)C(C)(C)C)C(OS(C)(=O)=O)[C@H]1COC(C)(C)O1. The molecule has 1 aliphatic heterocycles. The fourth-order valence-electron chi connectivity index (χ4n) is 3.14. The average Bonchev–Trinajstić information content (AvgIpc) is 2.94. The number of carbonyl (C=O) groups excluding carboxylic acids is 1. The maximum atomic E-state index is 12.7. The van der Waals surface area contributed by atoms with E-state index in [0.29, 0.717) is 19.4 Å². The number of unbranched alkanes of at least 4 members (excludes halogenated alkanes) is 1. The summed E-state index contributed by atoms with van der Waals surface area (Å²) in [6, 6.07) is 0. The van der Waals surface area contributed by atoms with Crippen LogP contribution in [0.25, 0.3) is 0 Å². The summed E-state index contributed by atoms with van der Waals surface area (Å²) < 4.78 is 52.1. The van der Waals surface area contributed by atoms with Crippen LogP contribution in [0.4, 0.5) is 0 Å². The molecule has 0 saturated carbocycles. The van der Waals surface area contributed by atoms with Gasteiger partial charge in [0.25, 0.3) is 10.1 Å². The van der Waals surface area contributed by atoms with Gasteiger partial charge in [-0.05, 0) is 51.7 Å². The fraction of sp³-hybridized carbons (Fsp3) is 0.952. The van der Waals surface area contributed by atoms with Crippen LogP contribution < -0.4 is 0 Å². The van der Waals surface area contributed by atoms with Gasteiger partial charge in [0.2, 0.25) is 0 Å². The Kier molecular flexibility index (Phi) is 10.2. The van der Waals surface area contributed by atoms with Crippen LogP contribution in [-0.4, -0.2) is 66.8 Å². The predicted molar refractivity (Wildman–Crippen MR) is 122 cm³/mol. The average molecular weight is 483 g/mol. The summed E-state index contributed by atoms with van der Waals surface area (Å²) in [5, 5.41) is 0.126. The summed E-state index contributed by atoms with van der Waals surface area (Å²) in [4.78, 5) is 12.7. The molecule has 0 aromatic carbocycles. The van der Waals surface area contributed by atoms with Gasteiger partial charge in [-0.3, -0.25) is 8.98 Å². The number of carbonyl (C=O) groups is 1. The van der Waals surface area contributed by atoms with Crippen molar-refractivity contribution in [2.75, 3.05) is 26.1 Å². The summed E-state index contributed by atoms with van der Waals surface area (Å²) in [6.07, 6.45) is 1.08. The first-order valence-corrected chi connectivity index (χ1v) is 15.7. The van der Waals surface area contributed by atoms with Crippen LogP contribution in [0, 0.1) is 5.92 Å². The van der Waals surface area contributed by atoms with E-state index in [0.717, 1.165) is 12.7 Å². The summed E-state index contributed by atoms with van der Waals surface area (Å²) in [5.74, 6) is -2.15. The number of hydrogen-bond donors (Lipinski definition) is 0. The topological polar surface area (TPSA) is 97.4 Å². The van der Waals surface area contributed by atoms with Crippen LogP contribution in [0.5, 0.6) is 0 Å². The zero-order valence-corrected chi connectivity index (χ0v) is 22.5. The minimum Gasteiger partial charge on any atom is -0.466 e. The predicted octanol–water partition coefficient (Wildman–Crippen LogP) is 3.85. The maximum Gasteiger partial charge on any atom is 0.311 e. The third kappa shape index (κ3) is 9.47. The van der Waals surface area contributed by atoms with Crippen LogP contribution in [0.1, 0.15) is 60.8 Å². The van der Waals surface area contributed by atoms with E-state index in [-0.39, 0.29) is 18.3 Å². The molecule has 1 saturated heterocycles. The summed E-state index contributed by atoms with van der Waals surface area (Å²) in [5.41, 5.74) is 0. The highest BCUT2D eigenvalue weighted by molar-refractivity contribution is 7.86. The third-order valence-corrected chi connectivity index (χ3v) is 11.0. The number of hydrogen-bond acceptors (Lipinski definition) is 8. The lowest BCUT2D eigenvalue weighted by Crippen LogP contribution is -2.44. The first kappa shape index (κ1) is 28.5. The molecule has 8 nitrogen and oxygen atoms in total. The lowest BCUT2D eigenvalue weighted by atomic mass is 9.92. The quantitative estimate of drug-likeness (QED) is 0.179. The first-order valence-electron chi connectivity index (χ1n) is 11.0.